The van der Waals surface area contributed by atoms with Crippen molar-refractivity contribution in [1.82, 2.24) is 13.1 Å². The summed E-state index contributed by atoms with van der Waals surface area (Å²) in [7, 11) is -2.54. The smallest absolute Gasteiger partial charge is 0.324 e. The zero-order valence-electron chi connectivity index (χ0n) is 11.2. The molecule has 1 aromatic carbocycles. The summed E-state index contributed by atoms with van der Waals surface area (Å²) in [6.45, 7) is 0.302. The first-order valence-corrected chi connectivity index (χ1v) is 8.53. The third-order valence-corrected chi connectivity index (χ3v) is 5.99. The van der Waals surface area contributed by atoms with E-state index in [0.29, 0.717) is 30.4 Å². The van der Waals surface area contributed by atoms with Gasteiger partial charge in [-0.15, -0.1) is 0 Å². The van der Waals surface area contributed by atoms with E-state index in [-0.39, 0.29) is 4.90 Å². The van der Waals surface area contributed by atoms with Gasteiger partial charge >= 0.3 is 5.97 Å². The Bertz CT molecular complexity index is 787. The zero-order valence-corrected chi connectivity index (χ0v) is 12.9. The van der Waals surface area contributed by atoms with Gasteiger partial charge in [-0.1, -0.05) is 6.07 Å². The second-order valence-corrected chi connectivity index (χ2v) is 7.07. The number of aromatic nitrogens is 2. The van der Waals surface area contributed by atoms with Crippen molar-refractivity contribution in [2.45, 2.75) is 23.8 Å². The molecule has 21 heavy (non-hydrogen) atoms. The van der Waals surface area contributed by atoms with Crippen LogP contribution < -0.4 is 0 Å². The van der Waals surface area contributed by atoms with E-state index in [2.05, 4.69) is 8.75 Å². The van der Waals surface area contributed by atoms with E-state index < -0.39 is 22.0 Å². The van der Waals surface area contributed by atoms with Crippen LogP contribution in [0.2, 0.25) is 0 Å². The van der Waals surface area contributed by atoms with Gasteiger partial charge < -0.3 is 4.74 Å². The van der Waals surface area contributed by atoms with Crippen LogP contribution >= 0.6 is 11.7 Å². The maximum absolute atomic E-state index is 12.8. The molecule has 1 aliphatic rings. The first-order valence-electron chi connectivity index (χ1n) is 6.36. The Morgan fingerprint density at radius 2 is 2.24 bits per heavy atom. The van der Waals surface area contributed by atoms with Gasteiger partial charge in [-0.25, -0.2) is 8.42 Å². The van der Waals surface area contributed by atoms with Gasteiger partial charge in [0, 0.05) is 6.54 Å². The van der Waals surface area contributed by atoms with Gasteiger partial charge in [0.05, 0.1) is 18.8 Å². The number of methoxy groups -OCH3 is 1. The van der Waals surface area contributed by atoms with Crippen molar-refractivity contribution in [3.05, 3.63) is 18.2 Å². The molecule has 0 amide bonds. The number of carbonyl (C=O) groups excluding carboxylic acids is 1. The summed E-state index contributed by atoms with van der Waals surface area (Å²) in [5, 5.41) is 0. The molecule has 1 unspecified atom stereocenters. The molecule has 0 radical (unpaired) electrons. The quantitative estimate of drug-likeness (QED) is 0.782. The minimum atomic E-state index is -3.80. The minimum absolute atomic E-state index is 0.0875. The Labute approximate surface area is 125 Å². The van der Waals surface area contributed by atoms with Crippen molar-refractivity contribution in [1.29, 1.82) is 0 Å². The standard InChI is InChI=1S/C12H13N3O4S2/c1-19-12(16)9-5-3-7-15(9)21(17,18)10-6-2-4-8-11(10)14-20-13-8/h2,4,6,9H,3,5,7H2,1H3. The van der Waals surface area contributed by atoms with Crippen LogP contribution in [0.1, 0.15) is 12.8 Å². The van der Waals surface area contributed by atoms with Crippen LogP contribution in [0.4, 0.5) is 0 Å². The fourth-order valence-electron chi connectivity index (χ4n) is 2.52. The summed E-state index contributed by atoms with van der Waals surface area (Å²) in [6.07, 6.45) is 1.10. The molecule has 0 bridgehead atoms. The lowest BCUT2D eigenvalue weighted by Gasteiger charge is -2.22. The van der Waals surface area contributed by atoms with Crippen LogP contribution in [0, 0.1) is 0 Å². The molecule has 1 aromatic heterocycles. The Morgan fingerprint density at radius 1 is 1.43 bits per heavy atom. The number of carbonyl (C=O) groups is 1. The fraction of sp³-hybridized carbons (Fsp3) is 0.417. The number of benzene rings is 1. The van der Waals surface area contributed by atoms with Crippen molar-refractivity contribution in [3.8, 4) is 0 Å². The molecule has 1 aliphatic heterocycles. The van der Waals surface area contributed by atoms with Crippen LogP contribution in [0.3, 0.4) is 0 Å². The zero-order chi connectivity index (χ0) is 15.0. The molecular weight excluding hydrogens is 314 g/mol. The highest BCUT2D eigenvalue weighted by atomic mass is 32.2. The number of ether oxygens (including phenoxy) is 1. The lowest BCUT2D eigenvalue weighted by atomic mass is 10.2. The van der Waals surface area contributed by atoms with Gasteiger partial charge in [-0.05, 0) is 25.0 Å². The molecule has 1 saturated heterocycles. The maximum atomic E-state index is 12.8. The van der Waals surface area contributed by atoms with Gasteiger partial charge in [0.2, 0.25) is 10.0 Å². The van der Waals surface area contributed by atoms with Crippen molar-refractivity contribution in [2.75, 3.05) is 13.7 Å². The van der Waals surface area contributed by atoms with E-state index in [1.54, 1.807) is 12.1 Å². The molecule has 7 nitrogen and oxygen atoms in total. The summed E-state index contributed by atoms with van der Waals surface area (Å²) in [5.74, 6) is -0.528. The lowest BCUT2D eigenvalue weighted by molar-refractivity contribution is -0.144. The number of hydrogen-bond donors (Lipinski definition) is 0. The highest BCUT2D eigenvalue weighted by Gasteiger charge is 2.41. The van der Waals surface area contributed by atoms with E-state index in [9.17, 15) is 13.2 Å². The molecule has 9 heteroatoms. The van der Waals surface area contributed by atoms with E-state index in [1.165, 1.54) is 17.5 Å². The van der Waals surface area contributed by atoms with E-state index >= 15 is 0 Å². The number of hydrogen-bond acceptors (Lipinski definition) is 7. The summed E-state index contributed by atoms with van der Waals surface area (Å²) in [5.41, 5.74) is 0.882. The number of esters is 1. The topological polar surface area (TPSA) is 89.5 Å². The van der Waals surface area contributed by atoms with Crippen molar-refractivity contribution < 1.29 is 17.9 Å². The minimum Gasteiger partial charge on any atom is -0.468 e. The average molecular weight is 327 g/mol. The molecule has 1 atom stereocenters. The van der Waals surface area contributed by atoms with Gasteiger partial charge in [-0.2, -0.15) is 13.1 Å². The highest BCUT2D eigenvalue weighted by molar-refractivity contribution is 7.89. The van der Waals surface area contributed by atoms with Gasteiger partial charge in [0.1, 0.15) is 22.0 Å². The van der Waals surface area contributed by atoms with Crippen molar-refractivity contribution in [2.24, 2.45) is 0 Å². The largest absolute Gasteiger partial charge is 0.468 e. The molecule has 3 rings (SSSR count). The molecule has 0 spiro atoms. The normalized spacial score (nSPS) is 20.0. The number of fused-ring (bicyclic) bond motifs is 1. The van der Waals surface area contributed by atoms with Crippen LogP contribution in [0.25, 0.3) is 11.0 Å². The molecule has 0 saturated carbocycles. The van der Waals surface area contributed by atoms with Crippen molar-refractivity contribution in [3.63, 3.8) is 0 Å². The van der Waals surface area contributed by atoms with E-state index in [0.717, 1.165) is 11.7 Å². The van der Waals surface area contributed by atoms with E-state index in [1.807, 2.05) is 0 Å². The van der Waals surface area contributed by atoms with Crippen LogP contribution in [-0.4, -0.2) is 47.1 Å². The van der Waals surface area contributed by atoms with Crippen LogP contribution in [-0.2, 0) is 19.6 Å². The Kier molecular flexibility index (Phi) is 3.64. The molecule has 2 aromatic rings. The SMILES string of the molecule is COC(=O)C1CCCN1S(=O)(=O)c1cccc2nsnc12. The van der Waals surface area contributed by atoms with Crippen molar-refractivity contribution >= 4 is 38.8 Å². The first kappa shape index (κ1) is 14.4. The molecule has 2 heterocycles. The fourth-order valence-corrected chi connectivity index (χ4v) is 4.92. The molecule has 0 aliphatic carbocycles. The summed E-state index contributed by atoms with van der Waals surface area (Å²) in [6, 6.07) is 4.06. The summed E-state index contributed by atoms with van der Waals surface area (Å²) < 4.78 is 39.7. The monoisotopic (exact) mass is 327 g/mol. The summed E-state index contributed by atoms with van der Waals surface area (Å²) >= 11 is 0.963. The highest BCUT2D eigenvalue weighted by Crippen LogP contribution is 2.30. The molecule has 0 N–H and O–H groups in total. The van der Waals surface area contributed by atoms with Crippen LogP contribution in [0.15, 0.2) is 23.1 Å². The average Bonchev–Trinajstić information content (AvgIpc) is 3.14. The van der Waals surface area contributed by atoms with E-state index in [4.69, 9.17) is 4.74 Å². The molecular formula is C12H13N3O4S2. The van der Waals surface area contributed by atoms with Gasteiger partial charge in [0.15, 0.2) is 0 Å². The van der Waals surface area contributed by atoms with Gasteiger partial charge in [-0.3, -0.25) is 4.79 Å². The second-order valence-electron chi connectivity index (χ2n) is 4.69. The predicted octanol–water partition coefficient (Wildman–Crippen LogP) is 1.02. The van der Waals surface area contributed by atoms with Crippen LogP contribution in [0.5, 0.6) is 0 Å². The Hall–Kier alpha value is -1.58. The lowest BCUT2D eigenvalue weighted by Crippen LogP contribution is -2.41. The molecule has 1 fully saturated rings. The predicted molar refractivity (Wildman–Crippen MR) is 76.3 cm³/mol. The number of nitrogens with zero attached hydrogens (tertiary/aromatic N) is 3. The molecule has 112 valence electrons. The maximum Gasteiger partial charge on any atom is 0.324 e. The third kappa shape index (κ3) is 2.30. The second kappa shape index (κ2) is 5.32. The first-order chi connectivity index (χ1) is 10.1. The Balaban J connectivity index is 2.08. The summed E-state index contributed by atoms with van der Waals surface area (Å²) in [4.78, 5) is 11.8. The third-order valence-electron chi connectivity index (χ3n) is 3.51. The number of rotatable bonds is 3. The number of sulfonamides is 1. The Morgan fingerprint density at radius 3 is 3.00 bits per heavy atom. The van der Waals surface area contributed by atoms with Gasteiger partial charge in [0.25, 0.3) is 0 Å².